The van der Waals surface area contributed by atoms with Gasteiger partial charge in [0.2, 0.25) is 5.69 Å². The van der Waals surface area contributed by atoms with E-state index in [4.69, 9.17) is 0 Å². The summed E-state index contributed by atoms with van der Waals surface area (Å²) in [6.07, 6.45) is 2.46. The van der Waals surface area contributed by atoms with Crippen molar-refractivity contribution in [1.29, 1.82) is 0 Å². The number of halogens is 1. The first-order chi connectivity index (χ1) is 5.79. The fourth-order valence-electron chi connectivity index (χ4n) is 1.70. The molecule has 0 amide bonds. The quantitative estimate of drug-likeness (QED) is 0.426. The minimum absolute atomic E-state index is 0.323. The van der Waals surface area contributed by atoms with Gasteiger partial charge in [0.25, 0.3) is 0 Å². The highest BCUT2D eigenvalue weighted by Crippen LogP contribution is 2.29. The Morgan fingerprint density at radius 3 is 3.17 bits per heavy atom. The van der Waals surface area contributed by atoms with E-state index in [0.717, 1.165) is 18.4 Å². The number of hydrogen-bond acceptors (Lipinski definition) is 1. The van der Waals surface area contributed by atoms with E-state index in [1.54, 1.807) is 6.07 Å². The number of aromatic nitrogens is 1. The Bertz CT molecular complexity index is 301. The van der Waals surface area contributed by atoms with Crippen molar-refractivity contribution in [3.05, 3.63) is 34.8 Å². The van der Waals surface area contributed by atoms with Crippen molar-refractivity contribution in [1.82, 2.24) is 0 Å². The molecular formula is C9H10FNO. The minimum Gasteiger partial charge on any atom is -0.618 e. The number of fused-ring (bicyclic) bond motifs is 1. The largest absolute Gasteiger partial charge is 0.618 e. The molecule has 1 heterocycles. The van der Waals surface area contributed by atoms with Gasteiger partial charge >= 0.3 is 0 Å². The Balaban J connectivity index is 2.53. The number of alkyl halides is 1. The fourth-order valence-corrected chi connectivity index (χ4v) is 1.70. The number of aryl methyl sites for hydroxylation is 1. The van der Waals surface area contributed by atoms with Crippen LogP contribution in [0.4, 0.5) is 4.39 Å². The van der Waals surface area contributed by atoms with Gasteiger partial charge in [-0.1, -0.05) is 0 Å². The normalized spacial score (nSPS) is 21.9. The van der Waals surface area contributed by atoms with E-state index in [9.17, 15) is 9.60 Å². The predicted octanol–water partition coefficient (Wildman–Crippen LogP) is 1.67. The maximum atomic E-state index is 13.2. The third-order valence-corrected chi connectivity index (χ3v) is 2.29. The van der Waals surface area contributed by atoms with Crippen molar-refractivity contribution in [2.24, 2.45) is 0 Å². The average Bonchev–Trinajstić information content (AvgIpc) is 2.04. The van der Waals surface area contributed by atoms with Crippen molar-refractivity contribution in [2.45, 2.75) is 25.4 Å². The second kappa shape index (κ2) is 2.73. The van der Waals surface area contributed by atoms with Gasteiger partial charge in [-0.3, -0.25) is 0 Å². The summed E-state index contributed by atoms with van der Waals surface area (Å²) >= 11 is 0. The first-order valence-corrected chi connectivity index (χ1v) is 4.14. The summed E-state index contributed by atoms with van der Waals surface area (Å²) in [7, 11) is 0. The smallest absolute Gasteiger partial charge is 0.230 e. The summed E-state index contributed by atoms with van der Waals surface area (Å²) < 4.78 is 13.9. The fraction of sp³-hybridized carbons (Fsp3) is 0.444. The van der Waals surface area contributed by atoms with Crippen LogP contribution in [0, 0.1) is 5.21 Å². The van der Waals surface area contributed by atoms with Gasteiger partial charge in [-0.05, 0) is 25.3 Å². The highest BCUT2D eigenvalue weighted by molar-refractivity contribution is 5.20. The highest BCUT2D eigenvalue weighted by atomic mass is 19.1. The van der Waals surface area contributed by atoms with Crippen molar-refractivity contribution in [3.63, 3.8) is 0 Å². The Morgan fingerprint density at radius 1 is 1.58 bits per heavy atom. The summed E-state index contributed by atoms with van der Waals surface area (Å²) in [6.45, 7) is 0. The molecule has 0 saturated heterocycles. The van der Waals surface area contributed by atoms with Gasteiger partial charge < -0.3 is 5.21 Å². The molecule has 1 atom stereocenters. The van der Waals surface area contributed by atoms with E-state index in [1.165, 1.54) is 6.20 Å². The Kier molecular flexibility index (Phi) is 1.71. The minimum atomic E-state index is -1.06. The Hall–Kier alpha value is -1.12. The van der Waals surface area contributed by atoms with Crippen LogP contribution in [0.25, 0.3) is 0 Å². The molecule has 3 heteroatoms. The molecule has 2 nitrogen and oxygen atoms in total. The lowest BCUT2D eigenvalue weighted by molar-refractivity contribution is -0.618. The molecule has 0 spiro atoms. The van der Waals surface area contributed by atoms with Gasteiger partial charge in [0.15, 0.2) is 12.4 Å². The van der Waals surface area contributed by atoms with Crippen LogP contribution in [0.5, 0.6) is 0 Å². The Labute approximate surface area is 70.2 Å². The molecule has 0 saturated carbocycles. The van der Waals surface area contributed by atoms with Crippen molar-refractivity contribution >= 4 is 0 Å². The molecule has 0 aliphatic heterocycles. The van der Waals surface area contributed by atoms with E-state index in [1.807, 2.05) is 6.07 Å². The number of hydrogen-bond donors (Lipinski definition) is 0. The van der Waals surface area contributed by atoms with E-state index in [2.05, 4.69) is 0 Å². The Morgan fingerprint density at radius 2 is 2.42 bits per heavy atom. The van der Waals surface area contributed by atoms with Crippen LogP contribution in [0.3, 0.4) is 0 Å². The molecule has 2 rings (SSSR count). The molecule has 1 aromatic heterocycles. The maximum absolute atomic E-state index is 13.2. The standard InChI is InChI=1S/C9H10FNO/c10-8-5-1-3-7-4-2-6-11(12)9(7)8/h2,4,6,8H,1,3,5H2/t8-/m1/s1. The lowest BCUT2D eigenvalue weighted by Gasteiger charge is -2.17. The highest BCUT2D eigenvalue weighted by Gasteiger charge is 2.26. The van der Waals surface area contributed by atoms with Crippen LogP contribution >= 0.6 is 0 Å². The molecule has 0 N–H and O–H groups in total. The monoisotopic (exact) mass is 167 g/mol. The lowest BCUT2D eigenvalue weighted by atomic mass is 9.95. The van der Waals surface area contributed by atoms with E-state index < -0.39 is 6.17 Å². The number of pyridine rings is 1. The molecule has 0 radical (unpaired) electrons. The molecule has 0 fully saturated rings. The van der Waals surface area contributed by atoms with Gasteiger partial charge in [-0.2, -0.15) is 4.73 Å². The van der Waals surface area contributed by atoms with E-state index in [-0.39, 0.29) is 0 Å². The SMILES string of the molecule is [O-][n+]1cccc2c1[C@H](F)CCC2. The van der Waals surface area contributed by atoms with Crippen molar-refractivity contribution < 1.29 is 9.12 Å². The van der Waals surface area contributed by atoms with Gasteiger partial charge in [0.1, 0.15) is 0 Å². The third-order valence-electron chi connectivity index (χ3n) is 2.29. The summed E-state index contributed by atoms with van der Waals surface area (Å²) in [5.41, 5.74) is 1.19. The van der Waals surface area contributed by atoms with Gasteiger partial charge in [0, 0.05) is 11.6 Å². The van der Waals surface area contributed by atoms with Crippen molar-refractivity contribution in [3.8, 4) is 0 Å². The van der Waals surface area contributed by atoms with Gasteiger partial charge in [0.05, 0.1) is 0 Å². The first kappa shape index (κ1) is 7.53. The summed E-state index contributed by atoms with van der Waals surface area (Å²) in [5, 5.41) is 11.2. The zero-order chi connectivity index (χ0) is 8.55. The second-order valence-electron chi connectivity index (χ2n) is 3.10. The molecule has 12 heavy (non-hydrogen) atoms. The molecule has 0 bridgehead atoms. The van der Waals surface area contributed by atoms with E-state index in [0.29, 0.717) is 16.8 Å². The van der Waals surface area contributed by atoms with Crippen LogP contribution < -0.4 is 4.73 Å². The molecular weight excluding hydrogens is 157 g/mol. The first-order valence-electron chi connectivity index (χ1n) is 4.14. The summed E-state index contributed by atoms with van der Waals surface area (Å²) in [5.74, 6) is 0. The molecule has 64 valence electrons. The van der Waals surface area contributed by atoms with Crippen LogP contribution in [0.1, 0.15) is 30.3 Å². The summed E-state index contributed by atoms with van der Waals surface area (Å²) in [6, 6.07) is 3.50. The second-order valence-corrected chi connectivity index (χ2v) is 3.10. The van der Waals surface area contributed by atoms with Gasteiger partial charge in [-0.15, -0.1) is 0 Å². The van der Waals surface area contributed by atoms with Gasteiger partial charge in [-0.25, -0.2) is 4.39 Å². The molecule has 1 aliphatic carbocycles. The maximum Gasteiger partial charge on any atom is 0.230 e. The zero-order valence-electron chi connectivity index (χ0n) is 6.66. The third kappa shape index (κ3) is 1.05. The van der Waals surface area contributed by atoms with Crippen LogP contribution in [-0.4, -0.2) is 0 Å². The topological polar surface area (TPSA) is 26.9 Å². The van der Waals surface area contributed by atoms with Crippen LogP contribution in [0.2, 0.25) is 0 Å². The number of nitrogens with zero attached hydrogens (tertiary/aromatic N) is 1. The number of rotatable bonds is 0. The van der Waals surface area contributed by atoms with Crippen LogP contribution in [0.15, 0.2) is 18.3 Å². The molecule has 0 unspecified atom stereocenters. The lowest BCUT2D eigenvalue weighted by Crippen LogP contribution is -2.35. The summed E-state index contributed by atoms with van der Waals surface area (Å²) in [4.78, 5) is 0. The molecule has 1 aliphatic rings. The van der Waals surface area contributed by atoms with Crippen LogP contribution in [-0.2, 0) is 6.42 Å². The predicted molar refractivity (Wildman–Crippen MR) is 42.2 cm³/mol. The average molecular weight is 167 g/mol. The molecule has 0 aromatic carbocycles. The zero-order valence-corrected chi connectivity index (χ0v) is 6.66. The van der Waals surface area contributed by atoms with Crippen molar-refractivity contribution in [2.75, 3.05) is 0 Å². The molecule has 1 aromatic rings. The van der Waals surface area contributed by atoms with E-state index >= 15 is 0 Å².